The smallest absolute Gasteiger partial charge is 0.170 e. The maximum Gasteiger partial charge on any atom is 0.170 e. The summed E-state index contributed by atoms with van der Waals surface area (Å²) in [7, 11) is 0. The molecule has 1 saturated carbocycles. The molecule has 2 fully saturated rings. The van der Waals surface area contributed by atoms with Crippen molar-refractivity contribution in [3.05, 3.63) is 78.4 Å². The van der Waals surface area contributed by atoms with Gasteiger partial charge in [0.15, 0.2) is 5.11 Å². The van der Waals surface area contributed by atoms with Crippen LogP contribution in [0.3, 0.4) is 0 Å². The predicted molar refractivity (Wildman–Crippen MR) is 117 cm³/mol. The monoisotopic (exact) mass is 404 g/mol. The maximum atomic E-state index is 9.69. The number of nitrogens with one attached hydrogen (secondary N) is 1. The first kappa shape index (κ1) is 18.2. The fourth-order valence-corrected chi connectivity index (χ4v) is 5.13. The summed E-state index contributed by atoms with van der Waals surface area (Å²) < 4.78 is 2.19. The molecule has 5 rings (SSSR count). The number of nitrogens with zero attached hydrogens (tertiary/aromatic N) is 3. The third-order valence-electron chi connectivity index (χ3n) is 6.06. The normalized spacial score (nSPS) is 22.2. The SMILES string of the molecule is Oc1ccc(-n2cccc2[C@H]2[C@@H](c3ccccn3)NC(=S)N2C2CCCC2)cc1. The van der Waals surface area contributed by atoms with Crippen molar-refractivity contribution in [2.75, 3.05) is 0 Å². The zero-order chi connectivity index (χ0) is 19.8. The first-order valence-corrected chi connectivity index (χ1v) is 10.6. The Bertz CT molecular complexity index is 995. The van der Waals surface area contributed by atoms with E-state index in [1.54, 1.807) is 12.1 Å². The summed E-state index contributed by atoms with van der Waals surface area (Å²) >= 11 is 5.83. The van der Waals surface area contributed by atoms with E-state index in [1.165, 1.54) is 31.4 Å². The van der Waals surface area contributed by atoms with Crippen LogP contribution >= 0.6 is 12.2 Å². The lowest BCUT2D eigenvalue weighted by molar-refractivity contribution is 0.239. The Hall–Kier alpha value is -2.86. The highest BCUT2D eigenvalue weighted by Crippen LogP contribution is 2.43. The Morgan fingerprint density at radius 2 is 1.79 bits per heavy atom. The zero-order valence-corrected chi connectivity index (χ0v) is 16.9. The highest BCUT2D eigenvalue weighted by Gasteiger charge is 2.44. The van der Waals surface area contributed by atoms with Crippen molar-refractivity contribution in [3.63, 3.8) is 0 Å². The molecule has 3 heterocycles. The minimum absolute atomic E-state index is 0.00457. The summed E-state index contributed by atoms with van der Waals surface area (Å²) in [5, 5.41) is 14.1. The third kappa shape index (κ3) is 3.27. The maximum absolute atomic E-state index is 9.69. The molecule has 6 heteroatoms. The second kappa shape index (κ2) is 7.52. The van der Waals surface area contributed by atoms with Crippen LogP contribution in [-0.2, 0) is 0 Å². The van der Waals surface area contributed by atoms with Crippen LogP contribution in [0.4, 0.5) is 0 Å². The first-order chi connectivity index (χ1) is 14.2. The highest BCUT2D eigenvalue weighted by atomic mass is 32.1. The van der Waals surface area contributed by atoms with Gasteiger partial charge in [0.05, 0.1) is 17.8 Å². The van der Waals surface area contributed by atoms with Gasteiger partial charge in [-0.3, -0.25) is 4.98 Å². The lowest BCUT2D eigenvalue weighted by atomic mass is 9.99. The quantitative estimate of drug-likeness (QED) is 0.628. The molecule has 5 nitrogen and oxygen atoms in total. The lowest BCUT2D eigenvalue weighted by Gasteiger charge is -2.33. The number of phenols is 1. The van der Waals surface area contributed by atoms with E-state index >= 15 is 0 Å². The molecule has 0 spiro atoms. The molecule has 1 aliphatic heterocycles. The summed E-state index contributed by atoms with van der Waals surface area (Å²) in [6, 6.07) is 18.1. The fourth-order valence-electron chi connectivity index (χ4n) is 4.74. The van der Waals surface area contributed by atoms with Gasteiger partial charge in [0, 0.05) is 29.8 Å². The molecule has 29 heavy (non-hydrogen) atoms. The number of thiocarbonyl (C=S) groups is 1. The van der Waals surface area contributed by atoms with Gasteiger partial charge >= 0.3 is 0 Å². The number of phenolic OH excluding ortho intramolecular Hbond substituents is 1. The molecule has 2 aromatic heterocycles. The molecule has 0 bridgehead atoms. The van der Waals surface area contributed by atoms with E-state index in [0.29, 0.717) is 6.04 Å². The average molecular weight is 405 g/mol. The van der Waals surface area contributed by atoms with E-state index in [0.717, 1.165) is 16.5 Å². The van der Waals surface area contributed by atoms with Gasteiger partial charge in [-0.15, -0.1) is 0 Å². The van der Waals surface area contributed by atoms with E-state index < -0.39 is 0 Å². The number of aromatic hydroxyl groups is 1. The summed E-state index contributed by atoms with van der Waals surface area (Å²) in [6.45, 7) is 0. The van der Waals surface area contributed by atoms with Crippen molar-refractivity contribution in [2.24, 2.45) is 0 Å². The van der Waals surface area contributed by atoms with Gasteiger partial charge in [0.25, 0.3) is 0 Å². The predicted octanol–water partition coefficient (Wildman–Crippen LogP) is 4.49. The molecule has 2 N–H and O–H groups in total. The van der Waals surface area contributed by atoms with Crippen molar-refractivity contribution in [1.29, 1.82) is 0 Å². The summed E-state index contributed by atoms with van der Waals surface area (Å²) in [5.74, 6) is 0.269. The van der Waals surface area contributed by atoms with Crippen molar-refractivity contribution >= 4 is 17.3 Å². The van der Waals surface area contributed by atoms with Crippen LogP contribution in [0.5, 0.6) is 5.75 Å². The standard InChI is InChI=1S/C23H24N4OS/c28-18-12-10-16(11-13-18)26-15-5-9-20(26)22-21(19-8-3-4-14-24-19)25-23(29)27(22)17-6-1-2-7-17/h3-5,8-15,17,21-22,28H,1-2,6-7H2,(H,25,29)/t21-,22+/m1/s1. The van der Waals surface area contributed by atoms with E-state index in [-0.39, 0.29) is 17.8 Å². The Morgan fingerprint density at radius 3 is 2.52 bits per heavy atom. The zero-order valence-electron chi connectivity index (χ0n) is 16.1. The molecule has 0 radical (unpaired) electrons. The van der Waals surface area contributed by atoms with Crippen molar-refractivity contribution in [1.82, 2.24) is 19.8 Å². The molecule has 2 atom stereocenters. The van der Waals surface area contributed by atoms with E-state index in [1.807, 2.05) is 30.5 Å². The van der Waals surface area contributed by atoms with Gasteiger partial charge in [0.2, 0.25) is 0 Å². The third-order valence-corrected chi connectivity index (χ3v) is 6.39. The molecule has 0 unspecified atom stereocenters. The molecule has 1 saturated heterocycles. The summed E-state index contributed by atoms with van der Waals surface area (Å²) in [6.07, 6.45) is 8.77. The number of pyridine rings is 1. The van der Waals surface area contributed by atoms with E-state index in [4.69, 9.17) is 12.2 Å². The molecular formula is C23H24N4OS. The Labute approximate surface area is 176 Å². The van der Waals surface area contributed by atoms with Crippen LogP contribution in [0.2, 0.25) is 0 Å². The van der Waals surface area contributed by atoms with Gasteiger partial charge in [-0.2, -0.15) is 0 Å². The van der Waals surface area contributed by atoms with Crippen LogP contribution in [0, 0.1) is 0 Å². The minimum Gasteiger partial charge on any atom is -0.508 e. The van der Waals surface area contributed by atoms with Crippen LogP contribution in [-0.4, -0.2) is 30.7 Å². The molecule has 1 aliphatic carbocycles. The van der Waals surface area contributed by atoms with Crippen LogP contribution in [0.25, 0.3) is 5.69 Å². The number of rotatable bonds is 4. The van der Waals surface area contributed by atoms with Crippen molar-refractivity contribution in [3.8, 4) is 11.4 Å². The molecule has 3 aromatic rings. The Kier molecular flexibility index (Phi) is 4.72. The summed E-state index contributed by atoms with van der Waals surface area (Å²) in [4.78, 5) is 7.05. The molecule has 1 aromatic carbocycles. The molecule has 148 valence electrons. The Balaban J connectivity index is 1.61. The summed E-state index contributed by atoms with van der Waals surface area (Å²) in [5.41, 5.74) is 3.19. The van der Waals surface area contributed by atoms with Gasteiger partial charge in [-0.1, -0.05) is 18.9 Å². The molecule has 0 amide bonds. The van der Waals surface area contributed by atoms with Gasteiger partial charge in [-0.05, 0) is 73.6 Å². The van der Waals surface area contributed by atoms with Gasteiger partial charge in [0.1, 0.15) is 5.75 Å². The van der Waals surface area contributed by atoms with Crippen LogP contribution < -0.4 is 5.32 Å². The average Bonchev–Trinajstić information content (AvgIpc) is 3.48. The molecular weight excluding hydrogens is 380 g/mol. The van der Waals surface area contributed by atoms with Crippen molar-refractivity contribution in [2.45, 2.75) is 43.8 Å². The second-order valence-corrected chi connectivity index (χ2v) is 8.18. The first-order valence-electron chi connectivity index (χ1n) is 10.2. The number of aromatic nitrogens is 2. The Morgan fingerprint density at radius 1 is 1.00 bits per heavy atom. The van der Waals surface area contributed by atoms with Gasteiger partial charge in [-0.25, -0.2) is 0 Å². The molecule has 2 aliphatic rings. The van der Waals surface area contributed by atoms with E-state index in [9.17, 15) is 5.11 Å². The number of hydrogen-bond donors (Lipinski definition) is 2. The number of hydrogen-bond acceptors (Lipinski definition) is 3. The lowest BCUT2D eigenvalue weighted by Crippen LogP contribution is -2.38. The second-order valence-electron chi connectivity index (χ2n) is 7.79. The van der Waals surface area contributed by atoms with Crippen LogP contribution in [0.15, 0.2) is 67.0 Å². The fraction of sp³-hybridized carbons (Fsp3) is 0.304. The minimum atomic E-state index is -0.00457. The van der Waals surface area contributed by atoms with Crippen LogP contribution in [0.1, 0.15) is 49.2 Å². The van der Waals surface area contributed by atoms with Crippen molar-refractivity contribution < 1.29 is 5.11 Å². The highest BCUT2D eigenvalue weighted by molar-refractivity contribution is 7.80. The van der Waals surface area contributed by atoms with E-state index in [2.05, 4.69) is 44.2 Å². The number of benzene rings is 1. The largest absolute Gasteiger partial charge is 0.508 e. The van der Waals surface area contributed by atoms with Gasteiger partial charge < -0.3 is 19.9 Å². The topological polar surface area (TPSA) is 53.3 Å².